The van der Waals surface area contributed by atoms with E-state index in [0.29, 0.717) is 6.54 Å². The lowest BCUT2D eigenvalue weighted by molar-refractivity contribution is 0.0774. The molecule has 0 radical (unpaired) electrons. The molecule has 5 nitrogen and oxygen atoms in total. The Morgan fingerprint density at radius 2 is 2.44 bits per heavy atom. The topological polar surface area (TPSA) is 61.9 Å². The maximum atomic E-state index is 11.8. The van der Waals surface area contributed by atoms with Crippen molar-refractivity contribution >= 4 is 17.2 Å². The molecule has 0 aliphatic rings. The molecule has 0 aliphatic heterocycles. The maximum absolute atomic E-state index is 11.8. The van der Waals surface area contributed by atoms with Gasteiger partial charge in [0.15, 0.2) is 0 Å². The Morgan fingerprint density at radius 1 is 1.62 bits per heavy atom. The van der Waals surface area contributed by atoms with Gasteiger partial charge in [-0.2, -0.15) is 5.10 Å². The molecule has 16 heavy (non-hydrogen) atoms. The van der Waals surface area contributed by atoms with Crippen molar-refractivity contribution in [3.8, 4) is 0 Å². The number of aromatic amines is 1. The number of nitrogens with one attached hydrogen (secondary N) is 1. The van der Waals surface area contributed by atoms with Crippen LogP contribution in [0.5, 0.6) is 0 Å². The van der Waals surface area contributed by atoms with Crippen molar-refractivity contribution in [2.75, 3.05) is 7.05 Å². The van der Waals surface area contributed by atoms with Gasteiger partial charge in [-0.25, -0.2) is 4.98 Å². The van der Waals surface area contributed by atoms with Crippen LogP contribution in [0.2, 0.25) is 0 Å². The molecule has 0 unspecified atom stereocenters. The highest BCUT2D eigenvalue weighted by atomic mass is 32.1. The maximum Gasteiger partial charge on any atom is 0.291 e. The smallest absolute Gasteiger partial charge is 0.291 e. The fourth-order valence-electron chi connectivity index (χ4n) is 1.34. The van der Waals surface area contributed by atoms with Gasteiger partial charge in [0.1, 0.15) is 6.33 Å². The lowest BCUT2D eigenvalue weighted by Gasteiger charge is -2.14. The van der Waals surface area contributed by atoms with Crippen LogP contribution in [0, 0.1) is 6.92 Å². The van der Waals surface area contributed by atoms with E-state index in [-0.39, 0.29) is 11.7 Å². The third kappa shape index (κ3) is 2.11. The summed E-state index contributed by atoms with van der Waals surface area (Å²) in [5.41, 5.74) is 1.21. The molecule has 1 N–H and O–H groups in total. The zero-order chi connectivity index (χ0) is 11.5. The number of carbonyl (C=O) groups is 1. The number of aryl methyl sites for hydroxylation is 1. The Labute approximate surface area is 97.1 Å². The molecule has 0 aliphatic carbocycles. The van der Waals surface area contributed by atoms with E-state index < -0.39 is 0 Å². The summed E-state index contributed by atoms with van der Waals surface area (Å²) < 4.78 is 0. The molecule has 2 aromatic heterocycles. The van der Waals surface area contributed by atoms with Crippen molar-refractivity contribution in [2.24, 2.45) is 0 Å². The highest BCUT2D eigenvalue weighted by molar-refractivity contribution is 7.10. The van der Waals surface area contributed by atoms with E-state index in [1.54, 1.807) is 23.3 Å². The Hall–Kier alpha value is -1.69. The van der Waals surface area contributed by atoms with Crippen molar-refractivity contribution in [2.45, 2.75) is 13.5 Å². The summed E-state index contributed by atoms with van der Waals surface area (Å²) in [4.78, 5) is 18.5. The molecule has 0 saturated carbocycles. The lowest BCUT2D eigenvalue weighted by Crippen LogP contribution is -2.27. The molecule has 6 heteroatoms. The van der Waals surface area contributed by atoms with E-state index in [4.69, 9.17) is 0 Å². The van der Waals surface area contributed by atoms with Crippen LogP contribution in [-0.2, 0) is 6.54 Å². The second-order valence-corrected chi connectivity index (χ2v) is 4.52. The minimum Gasteiger partial charge on any atom is -0.334 e. The number of thiophene rings is 1. The first-order valence-corrected chi connectivity index (χ1v) is 5.70. The summed E-state index contributed by atoms with van der Waals surface area (Å²) in [5, 5.41) is 8.25. The molecule has 2 rings (SSSR count). The number of hydrogen-bond donors (Lipinski definition) is 1. The molecule has 0 spiro atoms. The standard InChI is InChI=1S/C10H12N4OS/c1-7-3-4-16-8(7)5-14(2)10(15)9-11-6-12-13-9/h3-4,6H,5H2,1-2H3,(H,11,12,13). The number of rotatable bonds is 3. The predicted molar refractivity (Wildman–Crippen MR) is 61.2 cm³/mol. The van der Waals surface area contributed by atoms with Gasteiger partial charge in [0.2, 0.25) is 5.82 Å². The Balaban J connectivity index is 2.07. The molecule has 0 fully saturated rings. The van der Waals surface area contributed by atoms with Gasteiger partial charge in [0, 0.05) is 11.9 Å². The molecular formula is C10H12N4OS. The van der Waals surface area contributed by atoms with Gasteiger partial charge in [-0.15, -0.1) is 11.3 Å². The Morgan fingerprint density at radius 3 is 3.00 bits per heavy atom. The minimum absolute atomic E-state index is 0.148. The summed E-state index contributed by atoms with van der Waals surface area (Å²) in [7, 11) is 1.75. The van der Waals surface area contributed by atoms with Gasteiger partial charge in [-0.3, -0.25) is 9.89 Å². The zero-order valence-corrected chi connectivity index (χ0v) is 9.91. The van der Waals surface area contributed by atoms with Gasteiger partial charge >= 0.3 is 0 Å². The van der Waals surface area contributed by atoms with Gasteiger partial charge < -0.3 is 4.90 Å². The Bertz CT molecular complexity index is 477. The number of hydrogen-bond acceptors (Lipinski definition) is 4. The van der Waals surface area contributed by atoms with Crippen LogP contribution in [-0.4, -0.2) is 33.0 Å². The first-order valence-electron chi connectivity index (χ1n) is 4.82. The minimum atomic E-state index is -0.148. The van der Waals surface area contributed by atoms with Crippen LogP contribution in [0.4, 0.5) is 0 Å². The van der Waals surface area contributed by atoms with Gasteiger partial charge in [-0.1, -0.05) is 0 Å². The average Bonchev–Trinajstić information content (AvgIpc) is 2.89. The van der Waals surface area contributed by atoms with Gasteiger partial charge in [0.25, 0.3) is 5.91 Å². The lowest BCUT2D eigenvalue weighted by atomic mass is 10.3. The van der Waals surface area contributed by atoms with Crippen molar-refractivity contribution in [3.63, 3.8) is 0 Å². The zero-order valence-electron chi connectivity index (χ0n) is 9.10. The number of amides is 1. The molecule has 84 valence electrons. The quantitative estimate of drug-likeness (QED) is 0.877. The van der Waals surface area contributed by atoms with E-state index in [0.717, 1.165) is 0 Å². The highest BCUT2D eigenvalue weighted by Crippen LogP contribution is 2.17. The monoisotopic (exact) mass is 236 g/mol. The normalized spacial score (nSPS) is 10.4. The molecular weight excluding hydrogens is 224 g/mol. The first kappa shape index (κ1) is 10.8. The summed E-state index contributed by atoms with van der Waals surface area (Å²) >= 11 is 1.65. The van der Waals surface area contributed by atoms with Crippen molar-refractivity contribution in [1.29, 1.82) is 0 Å². The number of carbonyl (C=O) groups excluding carboxylic acids is 1. The van der Waals surface area contributed by atoms with Crippen LogP contribution in [0.1, 0.15) is 21.1 Å². The summed E-state index contributed by atoms with van der Waals surface area (Å²) in [5.74, 6) is 0.127. The third-order valence-corrected chi connectivity index (χ3v) is 3.32. The fourth-order valence-corrected chi connectivity index (χ4v) is 2.30. The van der Waals surface area contributed by atoms with Crippen molar-refractivity contribution < 1.29 is 4.79 Å². The van der Waals surface area contributed by atoms with E-state index in [9.17, 15) is 4.79 Å². The summed E-state index contributed by atoms with van der Waals surface area (Å²) in [6.07, 6.45) is 1.33. The number of aromatic nitrogens is 3. The third-order valence-electron chi connectivity index (χ3n) is 2.31. The highest BCUT2D eigenvalue weighted by Gasteiger charge is 2.15. The number of nitrogens with zero attached hydrogens (tertiary/aromatic N) is 3. The second-order valence-electron chi connectivity index (χ2n) is 3.52. The Kier molecular flexibility index (Phi) is 3.00. The van der Waals surface area contributed by atoms with E-state index in [2.05, 4.69) is 15.2 Å². The van der Waals surface area contributed by atoms with Crippen LogP contribution < -0.4 is 0 Å². The van der Waals surface area contributed by atoms with Crippen LogP contribution >= 0.6 is 11.3 Å². The molecule has 0 saturated heterocycles. The van der Waals surface area contributed by atoms with Crippen LogP contribution in [0.25, 0.3) is 0 Å². The largest absolute Gasteiger partial charge is 0.334 e. The SMILES string of the molecule is Cc1ccsc1CN(C)C(=O)c1ncn[nH]1. The van der Waals surface area contributed by atoms with Crippen molar-refractivity contribution in [3.05, 3.63) is 34.0 Å². The van der Waals surface area contributed by atoms with Crippen LogP contribution in [0.3, 0.4) is 0 Å². The summed E-state index contributed by atoms with van der Waals surface area (Å²) in [6, 6.07) is 2.05. The average molecular weight is 236 g/mol. The summed E-state index contributed by atoms with van der Waals surface area (Å²) in [6.45, 7) is 2.64. The molecule has 1 amide bonds. The molecule has 2 heterocycles. The predicted octanol–water partition coefficient (Wildman–Crippen LogP) is 1.45. The second kappa shape index (κ2) is 4.44. The van der Waals surface area contributed by atoms with Gasteiger partial charge in [0.05, 0.1) is 6.54 Å². The van der Waals surface area contributed by atoms with Crippen LogP contribution in [0.15, 0.2) is 17.8 Å². The molecule has 0 atom stereocenters. The molecule has 0 aromatic carbocycles. The molecule has 2 aromatic rings. The molecule has 0 bridgehead atoms. The first-order chi connectivity index (χ1) is 7.68. The van der Waals surface area contributed by atoms with E-state index in [1.165, 1.54) is 16.8 Å². The van der Waals surface area contributed by atoms with Crippen molar-refractivity contribution in [1.82, 2.24) is 20.1 Å². The van der Waals surface area contributed by atoms with Gasteiger partial charge in [-0.05, 0) is 23.9 Å². The van der Waals surface area contributed by atoms with E-state index >= 15 is 0 Å². The number of H-pyrrole nitrogens is 1. The fraction of sp³-hybridized carbons (Fsp3) is 0.300. The van der Waals surface area contributed by atoms with E-state index in [1.807, 2.05) is 18.4 Å².